The van der Waals surface area contributed by atoms with Gasteiger partial charge in [-0.3, -0.25) is 0 Å². The van der Waals surface area contributed by atoms with E-state index in [0.29, 0.717) is 24.3 Å². The minimum Gasteiger partial charge on any atom is -0.466 e. The van der Waals surface area contributed by atoms with Crippen molar-refractivity contribution in [2.24, 2.45) is 5.92 Å². The van der Waals surface area contributed by atoms with Gasteiger partial charge in [0.1, 0.15) is 0 Å². The lowest BCUT2D eigenvalue weighted by atomic mass is 10.0. The van der Waals surface area contributed by atoms with Gasteiger partial charge < -0.3 is 9.84 Å². The molecule has 0 spiro atoms. The summed E-state index contributed by atoms with van der Waals surface area (Å²) in [5.41, 5.74) is 0.329. The number of esters is 1. The molecule has 0 aromatic heterocycles. The van der Waals surface area contributed by atoms with Crippen molar-refractivity contribution in [1.29, 1.82) is 0 Å². The van der Waals surface area contributed by atoms with Gasteiger partial charge in [0, 0.05) is 12.0 Å². The zero-order valence-electron chi connectivity index (χ0n) is 8.54. The highest BCUT2D eigenvalue weighted by Gasteiger charge is 2.13. The van der Waals surface area contributed by atoms with E-state index < -0.39 is 12.1 Å². The summed E-state index contributed by atoms with van der Waals surface area (Å²) in [6, 6.07) is 0. The average molecular weight is 186 g/mol. The predicted octanol–water partition coefficient (Wildman–Crippen LogP) is 1.51. The summed E-state index contributed by atoms with van der Waals surface area (Å²) in [5, 5.41) is 9.47. The van der Waals surface area contributed by atoms with Crippen LogP contribution >= 0.6 is 0 Å². The fraction of sp³-hybridized carbons (Fsp3) is 0.700. The van der Waals surface area contributed by atoms with Gasteiger partial charge in [-0.2, -0.15) is 0 Å². The van der Waals surface area contributed by atoms with Crippen molar-refractivity contribution in [2.75, 3.05) is 7.11 Å². The van der Waals surface area contributed by atoms with Crippen molar-refractivity contribution >= 4 is 5.97 Å². The fourth-order valence-electron chi connectivity index (χ4n) is 1.14. The van der Waals surface area contributed by atoms with Gasteiger partial charge in [0.05, 0.1) is 13.2 Å². The van der Waals surface area contributed by atoms with Crippen LogP contribution in [0.3, 0.4) is 0 Å². The molecule has 1 atom stereocenters. The van der Waals surface area contributed by atoms with E-state index in [0.717, 1.165) is 0 Å². The van der Waals surface area contributed by atoms with Crippen LogP contribution in [0, 0.1) is 5.92 Å². The summed E-state index contributed by atoms with van der Waals surface area (Å²) < 4.78 is 4.47. The molecule has 0 aromatic rings. The Morgan fingerprint density at radius 1 is 1.54 bits per heavy atom. The Labute approximate surface area is 79.4 Å². The molecule has 13 heavy (non-hydrogen) atoms. The van der Waals surface area contributed by atoms with Crippen molar-refractivity contribution < 1.29 is 14.6 Å². The molecule has 0 saturated carbocycles. The number of carbonyl (C=O) groups is 1. The lowest BCUT2D eigenvalue weighted by Gasteiger charge is -2.13. The molecule has 0 aromatic carbocycles. The second-order valence-corrected chi connectivity index (χ2v) is 3.58. The quantitative estimate of drug-likeness (QED) is 0.523. The van der Waals surface area contributed by atoms with Gasteiger partial charge in [-0.25, -0.2) is 4.79 Å². The van der Waals surface area contributed by atoms with Gasteiger partial charge in [0.25, 0.3) is 0 Å². The first-order valence-corrected chi connectivity index (χ1v) is 4.41. The fourth-order valence-corrected chi connectivity index (χ4v) is 1.14. The van der Waals surface area contributed by atoms with Gasteiger partial charge >= 0.3 is 5.97 Å². The van der Waals surface area contributed by atoms with E-state index in [4.69, 9.17) is 0 Å². The summed E-state index contributed by atoms with van der Waals surface area (Å²) in [5.74, 6) is -0.0248. The second-order valence-electron chi connectivity index (χ2n) is 3.58. The number of aliphatic hydroxyl groups is 1. The molecule has 0 heterocycles. The van der Waals surface area contributed by atoms with Crippen LogP contribution in [0.1, 0.15) is 26.7 Å². The van der Waals surface area contributed by atoms with Crippen molar-refractivity contribution in [1.82, 2.24) is 0 Å². The third-order valence-corrected chi connectivity index (χ3v) is 1.70. The maximum atomic E-state index is 10.9. The Bertz CT molecular complexity index is 185. The van der Waals surface area contributed by atoms with Gasteiger partial charge in [-0.1, -0.05) is 20.4 Å². The third-order valence-electron chi connectivity index (χ3n) is 1.70. The molecule has 3 nitrogen and oxygen atoms in total. The second kappa shape index (κ2) is 5.75. The van der Waals surface area contributed by atoms with Crippen LogP contribution in [0.15, 0.2) is 12.2 Å². The molecule has 1 N–H and O–H groups in total. The van der Waals surface area contributed by atoms with Gasteiger partial charge in [-0.15, -0.1) is 0 Å². The topological polar surface area (TPSA) is 46.5 Å². The van der Waals surface area contributed by atoms with E-state index in [1.165, 1.54) is 7.11 Å². The van der Waals surface area contributed by atoms with E-state index in [1.807, 2.05) is 13.8 Å². The van der Waals surface area contributed by atoms with E-state index in [-0.39, 0.29) is 0 Å². The number of aliphatic hydroxyl groups excluding tert-OH is 1. The van der Waals surface area contributed by atoms with Crippen LogP contribution in [0.5, 0.6) is 0 Å². The Kier molecular flexibility index (Phi) is 5.39. The first-order valence-electron chi connectivity index (χ1n) is 4.41. The monoisotopic (exact) mass is 186 g/mol. The summed E-state index contributed by atoms with van der Waals surface area (Å²) in [6.07, 6.45) is 0.479. The largest absolute Gasteiger partial charge is 0.466 e. The number of methoxy groups -OCH3 is 1. The van der Waals surface area contributed by atoms with Crippen LogP contribution in [-0.4, -0.2) is 24.3 Å². The third kappa shape index (κ3) is 5.42. The molecule has 0 aliphatic rings. The lowest BCUT2D eigenvalue weighted by Crippen LogP contribution is -2.15. The van der Waals surface area contributed by atoms with Crippen LogP contribution in [0.4, 0.5) is 0 Å². The van der Waals surface area contributed by atoms with Crippen LogP contribution in [-0.2, 0) is 9.53 Å². The molecule has 3 heteroatoms. The minimum absolute atomic E-state index is 0.296. The molecule has 0 aliphatic carbocycles. The molecule has 76 valence electrons. The average Bonchev–Trinajstić information content (AvgIpc) is 2.01. The van der Waals surface area contributed by atoms with E-state index >= 15 is 0 Å². The number of hydrogen-bond donors (Lipinski definition) is 1. The van der Waals surface area contributed by atoms with Gasteiger partial charge in [0.15, 0.2) is 0 Å². The van der Waals surface area contributed by atoms with Gasteiger partial charge in [-0.05, 0) is 12.3 Å². The molecule has 0 amide bonds. The first-order chi connectivity index (χ1) is 5.97. The molecule has 0 aliphatic heterocycles. The molecular weight excluding hydrogens is 168 g/mol. The minimum atomic E-state index is -0.494. The zero-order valence-corrected chi connectivity index (χ0v) is 8.54. The van der Waals surface area contributed by atoms with Crippen LogP contribution in [0.25, 0.3) is 0 Å². The lowest BCUT2D eigenvalue weighted by molar-refractivity contribution is -0.136. The highest BCUT2D eigenvalue weighted by molar-refractivity contribution is 5.87. The van der Waals surface area contributed by atoms with Crippen molar-refractivity contribution in [3.63, 3.8) is 0 Å². The van der Waals surface area contributed by atoms with Crippen molar-refractivity contribution in [2.45, 2.75) is 32.8 Å². The Morgan fingerprint density at radius 2 is 2.08 bits per heavy atom. The standard InChI is InChI=1S/C10H18O3/c1-7(2)5-9(11)6-8(3)10(12)13-4/h7,9,11H,3,5-6H2,1-2,4H3/t9-/m0/s1. The van der Waals surface area contributed by atoms with Crippen LogP contribution in [0.2, 0.25) is 0 Å². The molecule has 0 unspecified atom stereocenters. The SMILES string of the molecule is C=C(C[C@@H](O)CC(C)C)C(=O)OC. The molecule has 0 saturated heterocycles. The summed E-state index contributed by atoms with van der Waals surface area (Å²) in [4.78, 5) is 10.9. The molecular formula is C10H18O3. The predicted molar refractivity (Wildman–Crippen MR) is 51.2 cm³/mol. The van der Waals surface area contributed by atoms with Crippen molar-refractivity contribution in [3.8, 4) is 0 Å². The Balaban J connectivity index is 3.85. The van der Waals surface area contributed by atoms with E-state index in [1.54, 1.807) is 0 Å². The summed E-state index contributed by atoms with van der Waals surface area (Å²) in [7, 11) is 1.31. The maximum absolute atomic E-state index is 10.9. The highest BCUT2D eigenvalue weighted by atomic mass is 16.5. The van der Waals surface area contributed by atoms with E-state index in [9.17, 15) is 9.90 Å². The number of hydrogen-bond acceptors (Lipinski definition) is 3. The number of rotatable bonds is 5. The Morgan fingerprint density at radius 3 is 2.46 bits per heavy atom. The molecule has 0 radical (unpaired) electrons. The maximum Gasteiger partial charge on any atom is 0.333 e. The molecule has 0 bridgehead atoms. The van der Waals surface area contributed by atoms with E-state index in [2.05, 4.69) is 11.3 Å². The molecule has 0 fully saturated rings. The number of ether oxygens (including phenoxy) is 1. The summed E-state index contributed by atoms with van der Waals surface area (Å²) in [6.45, 7) is 7.57. The zero-order chi connectivity index (χ0) is 10.4. The Hall–Kier alpha value is -0.830. The summed E-state index contributed by atoms with van der Waals surface area (Å²) >= 11 is 0. The van der Waals surface area contributed by atoms with Crippen molar-refractivity contribution in [3.05, 3.63) is 12.2 Å². The van der Waals surface area contributed by atoms with Gasteiger partial charge in [0.2, 0.25) is 0 Å². The first kappa shape index (κ1) is 12.2. The number of carbonyl (C=O) groups excluding carboxylic acids is 1. The normalized spacial score (nSPS) is 12.7. The highest BCUT2D eigenvalue weighted by Crippen LogP contribution is 2.12. The van der Waals surface area contributed by atoms with Crippen LogP contribution < -0.4 is 0 Å². The molecule has 0 rings (SSSR count). The smallest absolute Gasteiger partial charge is 0.333 e.